The molecule has 0 unspecified atom stereocenters. The number of amides is 1. The molecule has 0 radical (unpaired) electrons. The summed E-state index contributed by atoms with van der Waals surface area (Å²) in [5.74, 6) is -0.409. The first-order valence-electron chi connectivity index (χ1n) is 8.60. The molecule has 4 aromatic rings. The van der Waals surface area contributed by atoms with Gasteiger partial charge in [-0.05, 0) is 35.8 Å². The van der Waals surface area contributed by atoms with Crippen molar-refractivity contribution in [1.82, 2.24) is 4.37 Å². The number of hydrogen-bond donors (Lipinski definition) is 3. The average molecular weight is 441 g/mol. The van der Waals surface area contributed by atoms with Gasteiger partial charge in [0.15, 0.2) is 5.00 Å². The van der Waals surface area contributed by atoms with Crippen molar-refractivity contribution in [3.8, 4) is 5.75 Å². The van der Waals surface area contributed by atoms with E-state index in [0.29, 0.717) is 32.4 Å². The number of fused-ring (bicyclic) bond motifs is 2. The molecule has 0 bridgehead atoms. The number of rotatable bonds is 4. The van der Waals surface area contributed by atoms with Gasteiger partial charge in [0, 0.05) is 23.1 Å². The number of phenols is 1. The fourth-order valence-electron chi connectivity index (χ4n) is 2.96. The van der Waals surface area contributed by atoms with Gasteiger partial charge in [-0.2, -0.15) is 4.37 Å². The van der Waals surface area contributed by atoms with Crippen LogP contribution >= 0.6 is 11.5 Å². The monoisotopic (exact) mass is 441 g/mol. The van der Waals surface area contributed by atoms with Crippen LogP contribution in [0.1, 0.15) is 6.92 Å². The van der Waals surface area contributed by atoms with Crippen LogP contribution in [0.2, 0.25) is 0 Å². The van der Waals surface area contributed by atoms with Crippen molar-refractivity contribution in [2.45, 2.75) is 11.8 Å². The first kappa shape index (κ1) is 19.9. The van der Waals surface area contributed by atoms with Crippen molar-refractivity contribution in [2.24, 2.45) is 15.4 Å². The zero-order chi connectivity index (χ0) is 21.5. The Morgan fingerprint density at radius 3 is 2.53 bits per heavy atom. The van der Waals surface area contributed by atoms with E-state index >= 15 is 0 Å². The maximum atomic E-state index is 11.6. The van der Waals surface area contributed by atoms with Crippen LogP contribution in [0.3, 0.4) is 0 Å². The summed E-state index contributed by atoms with van der Waals surface area (Å²) in [6.07, 6.45) is 0. The second-order valence-corrected chi connectivity index (χ2v) is 8.74. The smallest absolute Gasteiger partial charge is 0.238 e. The summed E-state index contributed by atoms with van der Waals surface area (Å²) in [6.45, 7) is 1.34. The zero-order valence-corrected chi connectivity index (χ0v) is 17.2. The lowest BCUT2D eigenvalue weighted by molar-refractivity contribution is -0.114. The minimum atomic E-state index is -3.87. The number of benzene rings is 3. The van der Waals surface area contributed by atoms with E-state index < -0.39 is 10.0 Å². The number of azo groups is 1. The zero-order valence-electron chi connectivity index (χ0n) is 15.5. The van der Waals surface area contributed by atoms with Gasteiger partial charge in [0.05, 0.1) is 21.8 Å². The van der Waals surface area contributed by atoms with Gasteiger partial charge in [0.25, 0.3) is 0 Å². The first-order valence-corrected chi connectivity index (χ1v) is 10.9. The highest BCUT2D eigenvalue weighted by molar-refractivity contribution is 7.89. The van der Waals surface area contributed by atoms with E-state index in [1.807, 2.05) is 0 Å². The lowest BCUT2D eigenvalue weighted by Gasteiger charge is -2.10. The van der Waals surface area contributed by atoms with E-state index in [9.17, 15) is 18.3 Å². The lowest BCUT2D eigenvalue weighted by atomic mass is 10.1. The molecule has 0 spiro atoms. The predicted octanol–water partition coefficient (Wildman–Crippen LogP) is 4.18. The molecule has 1 amide bonds. The summed E-state index contributed by atoms with van der Waals surface area (Å²) in [7, 11) is -3.87. The number of phenolic OH excluding ortho intramolecular Hbond substituents is 1. The number of aromatic hydroxyl groups is 1. The van der Waals surface area contributed by atoms with Crippen LogP contribution in [-0.4, -0.2) is 23.8 Å². The van der Waals surface area contributed by atoms with Gasteiger partial charge in [-0.15, -0.1) is 10.2 Å². The maximum Gasteiger partial charge on any atom is 0.238 e. The van der Waals surface area contributed by atoms with E-state index in [1.54, 1.807) is 30.3 Å². The third kappa shape index (κ3) is 3.73. The number of carbonyl (C=O) groups is 1. The number of primary sulfonamides is 1. The second kappa shape index (κ2) is 7.44. The van der Waals surface area contributed by atoms with Gasteiger partial charge >= 0.3 is 0 Å². The minimum absolute atomic E-state index is 0.0466. The normalized spacial score (nSPS) is 12.1. The third-order valence-electron chi connectivity index (χ3n) is 4.31. The van der Waals surface area contributed by atoms with E-state index in [2.05, 4.69) is 19.9 Å². The van der Waals surface area contributed by atoms with Gasteiger partial charge in [0.1, 0.15) is 5.75 Å². The maximum absolute atomic E-state index is 11.6. The van der Waals surface area contributed by atoms with E-state index in [0.717, 1.165) is 11.5 Å². The largest absolute Gasteiger partial charge is 0.505 e. The standard InChI is InChI=1S/C19H15N5O4S2/c1-10(25)21-17-9-16(12-4-2-3-5-13(12)18(17)26)22-23-19-14-8-11(30(20,27)28)6-7-15(14)24-29-19/h2-9,26H,1H3,(H,21,25)(H2,20,27,28). The molecule has 4 N–H and O–H groups in total. The van der Waals surface area contributed by atoms with E-state index in [-0.39, 0.29) is 22.2 Å². The topological polar surface area (TPSA) is 147 Å². The number of carbonyl (C=O) groups excluding carboxylic acids is 1. The van der Waals surface area contributed by atoms with Gasteiger partial charge in [0.2, 0.25) is 15.9 Å². The molecule has 9 nitrogen and oxygen atoms in total. The number of aromatic nitrogens is 1. The Morgan fingerprint density at radius 2 is 1.83 bits per heavy atom. The van der Waals surface area contributed by atoms with E-state index in [4.69, 9.17) is 5.14 Å². The fourth-order valence-corrected chi connectivity index (χ4v) is 4.19. The van der Waals surface area contributed by atoms with Crippen molar-refractivity contribution in [1.29, 1.82) is 0 Å². The molecule has 0 saturated carbocycles. The summed E-state index contributed by atoms with van der Waals surface area (Å²) in [4.78, 5) is 11.4. The van der Waals surface area contributed by atoms with Gasteiger partial charge in [-0.3, -0.25) is 4.79 Å². The van der Waals surface area contributed by atoms with Crippen molar-refractivity contribution < 1.29 is 18.3 Å². The highest BCUT2D eigenvalue weighted by atomic mass is 32.2. The van der Waals surface area contributed by atoms with Crippen LogP contribution in [0.5, 0.6) is 5.75 Å². The minimum Gasteiger partial charge on any atom is -0.505 e. The molecule has 3 aromatic carbocycles. The molecular weight excluding hydrogens is 426 g/mol. The Balaban J connectivity index is 1.85. The Hall–Kier alpha value is -3.41. The van der Waals surface area contributed by atoms with Crippen molar-refractivity contribution in [2.75, 3.05) is 5.32 Å². The summed E-state index contributed by atoms with van der Waals surface area (Å²) >= 11 is 1.06. The average Bonchev–Trinajstić information content (AvgIpc) is 3.10. The highest BCUT2D eigenvalue weighted by Gasteiger charge is 2.14. The van der Waals surface area contributed by atoms with Crippen LogP contribution in [-0.2, 0) is 14.8 Å². The highest BCUT2D eigenvalue weighted by Crippen LogP contribution is 2.40. The number of sulfonamides is 1. The molecule has 4 rings (SSSR count). The van der Waals surface area contributed by atoms with Crippen LogP contribution in [0.25, 0.3) is 21.7 Å². The molecular formula is C19H15N5O4S2. The fraction of sp³-hybridized carbons (Fsp3) is 0.0526. The molecule has 1 heterocycles. The molecule has 0 aliphatic heterocycles. The number of hydrogen-bond acceptors (Lipinski definition) is 8. The number of nitrogens with zero attached hydrogens (tertiary/aromatic N) is 3. The quantitative estimate of drug-likeness (QED) is 0.321. The van der Waals surface area contributed by atoms with Gasteiger partial charge in [-0.1, -0.05) is 24.3 Å². The molecule has 0 fully saturated rings. The molecule has 0 aliphatic carbocycles. The molecule has 11 heteroatoms. The summed E-state index contributed by atoms with van der Waals surface area (Å²) in [5.41, 5.74) is 1.19. The molecule has 152 valence electrons. The van der Waals surface area contributed by atoms with Gasteiger partial charge < -0.3 is 10.4 Å². The Kier molecular flexibility index (Phi) is 4.94. The van der Waals surface area contributed by atoms with Crippen LogP contribution in [0.15, 0.2) is 63.7 Å². The molecule has 1 aromatic heterocycles. The van der Waals surface area contributed by atoms with Crippen molar-refractivity contribution in [3.05, 3.63) is 48.5 Å². The second-order valence-electron chi connectivity index (χ2n) is 6.43. The SMILES string of the molecule is CC(=O)Nc1cc(N=Nc2snc3ccc(S(N)(=O)=O)cc23)c2ccccc2c1O. The Morgan fingerprint density at radius 1 is 1.10 bits per heavy atom. The predicted molar refractivity (Wildman–Crippen MR) is 115 cm³/mol. The summed E-state index contributed by atoms with van der Waals surface area (Å²) in [6, 6.07) is 12.9. The van der Waals surface area contributed by atoms with Gasteiger partial charge in [-0.25, -0.2) is 13.6 Å². The van der Waals surface area contributed by atoms with Crippen LogP contribution in [0, 0.1) is 0 Å². The van der Waals surface area contributed by atoms with E-state index in [1.165, 1.54) is 25.1 Å². The van der Waals surface area contributed by atoms with Crippen molar-refractivity contribution >= 4 is 65.5 Å². The number of anilines is 1. The number of nitrogens with one attached hydrogen (secondary N) is 1. The lowest BCUT2D eigenvalue weighted by Crippen LogP contribution is -2.11. The Labute approximate surface area is 175 Å². The molecule has 0 saturated heterocycles. The summed E-state index contributed by atoms with van der Waals surface area (Å²) in [5, 5.41) is 28.8. The summed E-state index contributed by atoms with van der Waals surface area (Å²) < 4.78 is 27.5. The Bertz CT molecular complexity index is 1440. The third-order valence-corrected chi connectivity index (χ3v) is 5.98. The van der Waals surface area contributed by atoms with Crippen LogP contribution < -0.4 is 10.5 Å². The molecule has 0 atom stereocenters. The van der Waals surface area contributed by atoms with Crippen molar-refractivity contribution in [3.63, 3.8) is 0 Å². The number of nitrogens with two attached hydrogens (primary N) is 1. The molecule has 30 heavy (non-hydrogen) atoms. The molecule has 0 aliphatic rings. The first-order chi connectivity index (χ1) is 14.2. The van der Waals surface area contributed by atoms with Crippen LogP contribution in [0.4, 0.5) is 16.4 Å².